The molecule has 1 aliphatic rings. The van der Waals surface area contributed by atoms with Crippen LogP contribution in [0.2, 0.25) is 0 Å². The zero-order valence-corrected chi connectivity index (χ0v) is 13.4. The van der Waals surface area contributed by atoms with E-state index in [1.54, 1.807) is 0 Å². The van der Waals surface area contributed by atoms with Crippen molar-refractivity contribution < 1.29 is 0 Å². The summed E-state index contributed by atoms with van der Waals surface area (Å²) in [7, 11) is 0. The van der Waals surface area contributed by atoms with Crippen LogP contribution in [0.4, 0.5) is 0 Å². The minimum absolute atomic E-state index is 0.673. The minimum atomic E-state index is 0.673. The molecular weight excluding hydrogens is 246 g/mol. The molecule has 20 heavy (non-hydrogen) atoms. The topological polar surface area (TPSA) is 29.9 Å². The summed E-state index contributed by atoms with van der Waals surface area (Å²) in [5.74, 6) is 1.45. The predicted octanol–water partition coefficient (Wildman–Crippen LogP) is 3.81. The standard InChI is InChI=1S/C17H31N3/c1-14(2)13-18-10-8-15(3)12-16-9-11-20(19-16)17-6-4-5-7-17/h9,11,14-15,17-18H,4-8,10,12-13H2,1-3H3. The fourth-order valence-corrected chi connectivity index (χ4v) is 3.06. The molecule has 1 saturated carbocycles. The SMILES string of the molecule is CC(C)CNCCC(C)Cc1ccn(C2CCCC2)n1. The van der Waals surface area contributed by atoms with Gasteiger partial charge < -0.3 is 5.32 Å². The van der Waals surface area contributed by atoms with Crippen LogP contribution >= 0.6 is 0 Å². The Morgan fingerprint density at radius 3 is 2.75 bits per heavy atom. The summed E-state index contributed by atoms with van der Waals surface area (Å²) in [5, 5.41) is 8.31. The molecule has 0 radical (unpaired) electrons. The van der Waals surface area contributed by atoms with Gasteiger partial charge in [-0.15, -0.1) is 0 Å². The Morgan fingerprint density at radius 1 is 1.30 bits per heavy atom. The van der Waals surface area contributed by atoms with Gasteiger partial charge in [-0.05, 0) is 56.7 Å². The maximum Gasteiger partial charge on any atom is 0.0627 e. The molecule has 1 aromatic heterocycles. The molecule has 1 atom stereocenters. The first-order valence-corrected chi connectivity index (χ1v) is 8.40. The van der Waals surface area contributed by atoms with E-state index in [1.807, 2.05) is 0 Å². The van der Waals surface area contributed by atoms with Crippen LogP contribution in [-0.4, -0.2) is 22.9 Å². The summed E-state index contributed by atoms with van der Waals surface area (Å²) >= 11 is 0. The second kappa shape index (κ2) is 7.82. The van der Waals surface area contributed by atoms with Gasteiger partial charge in [-0.25, -0.2) is 0 Å². The zero-order valence-electron chi connectivity index (χ0n) is 13.4. The molecule has 0 saturated heterocycles. The molecule has 114 valence electrons. The van der Waals surface area contributed by atoms with Crippen molar-refractivity contribution in [2.45, 2.75) is 65.3 Å². The Bertz CT molecular complexity index is 377. The molecule has 3 nitrogen and oxygen atoms in total. The van der Waals surface area contributed by atoms with Crippen LogP contribution in [0, 0.1) is 11.8 Å². The number of aromatic nitrogens is 2. The van der Waals surface area contributed by atoms with E-state index in [-0.39, 0.29) is 0 Å². The van der Waals surface area contributed by atoms with Gasteiger partial charge in [-0.1, -0.05) is 33.6 Å². The lowest BCUT2D eigenvalue weighted by molar-refractivity contribution is 0.447. The molecule has 1 aliphatic carbocycles. The number of nitrogens with zero attached hydrogens (tertiary/aromatic N) is 2. The van der Waals surface area contributed by atoms with Gasteiger partial charge in [-0.3, -0.25) is 4.68 Å². The van der Waals surface area contributed by atoms with Crippen LogP contribution in [0.25, 0.3) is 0 Å². The predicted molar refractivity (Wildman–Crippen MR) is 84.9 cm³/mol. The third-order valence-electron chi connectivity index (χ3n) is 4.29. The first-order valence-electron chi connectivity index (χ1n) is 8.40. The summed E-state index contributed by atoms with van der Waals surface area (Å²) in [6.07, 6.45) is 9.92. The lowest BCUT2D eigenvalue weighted by Crippen LogP contribution is -2.22. The maximum atomic E-state index is 4.78. The van der Waals surface area contributed by atoms with E-state index in [1.165, 1.54) is 37.8 Å². The molecule has 0 bridgehead atoms. The van der Waals surface area contributed by atoms with Crippen LogP contribution in [0.5, 0.6) is 0 Å². The Balaban J connectivity index is 1.69. The van der Waals surface area contributed by atoms with Gasteiger partial charge in [0.25, 0.3) is 0 Å². The highest BCUT2D eigenvalue weighted by Gasteiger charge is 2.17. The normalized spacial score (nSPS) is 18.0. The molecule has 3 heteroatoms. The summed E-state index contributed by atoms with van der Waals surface area (Å²) in [4.78, 5) is 0. The number of hydrogen-bond acceptors (Lipinski definition) is 2. The lowest BCUT2D eigenvalue weighted by Gasteiger charge is -2.12. The van der Waals surface area contributed by atoms with Crippen LogP contribution in [0.1, 0.15) is 64.6 Å². The molecule has 0 spiro atoms. The smallest absolute Gasteiger partial charge is 0.0627 e. The van der Waals surface area contributed by atoms with Gasteiger partial charge in [-0.2, -0.15) is 5.10 Å². The largest absolute Gasteiger partial charge is 0.316 e. The summed E-state index contributed by atoms with van der Waals surface area (Å²) in [6, 6.07) is 2.89. The van der Waals surface area contributed by atoms with Crippen molar-refractivity contribution in [1.29, 1.82) is 0 Å². The molecule has 1 aromatic rings. The second-order valence-corrected chi connectivity index (χ2v) is 6.92. The number of hydrogen-bond donors (Lipinski definition) is 1. The highest BCUT2D eigenvalue weighted by atomic mass is 15.3. The zero-order chi connectivity index (χ0) is 14.4. The summed E-state index contributed by atoms with van der Waals surface area (Å²) in [5.41, 5.74) is 1.27. The van der Waals surface area contributed by atoms with Crippen LogP contribution in [-0.2, 0) is 6.42 Å². The summed E-state index contributed by atoms with van der Waals surface area (Å²) < 4.78 is 2.21. The van der Waals surface area contributed by atoms with Crippen molar-refractivity contribution in [3.63, 3.8) is 0 Å². The highest BCUT2D eigenvalue weighted by molar-refractivity contribution is 5.01. The minimum Gasteiger partial charge on any atom is -0.316 e. The van der Waals surface area contributed by atoms with Crippen LogP contribution in [0.15, 0.2) is 12.3 Å². The highest BCUT2D eigenvalue weighted by Crippen LogP contribution is 2.28. The fraction of sp³-hybridized carbons (Fsp3) is 0.824. The van der Waals surface area contributed by atoms with Gasteiger partial charge in [0.1, 0.15) is 0 Å². The van der Waals surface area contributed by atoms with Crippen molar-refractivity contribution in [2.24, 2.45) is 11.8 Å². The van der Waals surface area contributed by atoms with Crippen molar-refractivity contribution in [3.8, 4) is 0 Å². The first kappa shape index (κ1) is 15.6. The van der Waals surface area contributed by atoms with Gasteiger partial charge in [0.15, 0.2) is 0 Å². The average Bonchev–Trinajstić information content (AvgIpc) is 3.04. The Labute approximate surface area is 124 Å². The van der Waals surface area contributed by atoms with E-state index in [9.17, 15) is 0 Å². The van der Waals surface area contributed by atoms with Crippen molar-refractivity contribution >= 4 is 0 Å². The van der Waals surface area contributed by atoms with Gasteiger partial charge in [0.05, 0.1) is 11.7 Å². The molecule has 0 aliphatic heterocycles. The molecule has 0 aromatic carbocycles. The lowest BCUT2D eigenvalue weighted by atomic mass is 10.0. The Kier molecular flexibility index (Phi) is 6.08. The molecular formula is C17H31N3. The van der Waals surface area contributed by atoms with Crippen LogP contribution in [0.3, 0.4) is 0 Å². The molecule has 1 fully saturated rings. The summed E-state index contributed by atoms with van der Waals surface area (Å²) in [6.45, 7) is 9.11. The monoisotopic (exact) mass is 277 g/mol. The van der Waals surface area contributed by atoms with Crippen molar-refractivity contribution in [1.82, 2.24) is 15.1 Å². The fourth-order valence-electron chi connectivity index (χ4n) is 3.06. The average molecular weight is 277 g/mol. The van der Waals surface area contributed by atoms with E-state index in [0.717, 1.165) is 25.4 Å². The van der Waals surface area contributed by atoms with Gasteiger partial charge >= 0.3 is 0 Å². The van der Waals surface area contributed by atoms with E-state index >= 15 is 0 Å². The third-order valence-corrected chi connectivity index (χ3v) is 4.29. The number of rotatable bonds is 8. The third kappa shape index (κ3) is 4.93. The van der Waals surface area contributed by atoms with Crippen molar-refractivity contribution in [3.05, 3.63) is 18.0 Å². The maximum absolute atomic E-state index is 4.78. The van der Waals surface area contributed by atoms with E-state index in [4.69, 9.17) is 5.10 Å². The molecule has 0 amide bonds. The Hall–Kier alpha value is -0.830. The van der Waals surface area contributed by atoms with E-state index in [2.05, 4.69) is 43.0 Å². The van der Waals surface area contributed by atoms with Gasteiger partial charge in [0, 0.05) is 6.20 Å². The number of nitrogens with one attached hydrogen (secondary N) is 1. The Morgan fingerprint density at radius 2 is 2.05 bits per heavy atom. The molecule has 1 heterocycles. The van der Waals surface area contributed by atoms with E-state index < -0.39 is 0 Å². The van der Waals surface area contributed by atoms with E-state index in [0.29, 0.717) is 12.0 Å². The first-order chi connectivity index (χ1) is 9.65. The molecule has 1 N–H and O–H groups in total. The quantitative estimate of drug-likeness (QED) is 0.732. The van der Waals surface area contributed by atoms with Gasteiger partial charge in [0.2, 0.25) is 0 Å². The molecule has 1 unspecified atom stereocenters. The van der Waals surface area contributed by atoms with Crippen LogP contribution < -0.4 is 5.32 Å². The molecule has 2 rings (SSSR count). The second-order valence-electron chi connectivity index (χ2n) is 6.92. The van der Waals surface area contributed by atoms with Crippen molar-refractivity contribution in [2.75, 3.05) is 13.1 Å².